The fourth-order valence-electron chi connectivity index (χ4n) is 1.45. The summed E-state index contributed by atoms with van der Waals surface area (Å²) in [5, 5.41) is 18.3. The van der Waals surface area contributed by atoms with Crippen molar-refractivity contribution in [1.29, 1.82) is 0 Å². The van der Waals surface area contributed by atoms with Gasteiger partial charge in [-0.3, -0.25) is 5.32 Å². The standard InChI is InChI=1S/C11H13N5O2/c1-7-5-8(17)3-4-9(7)14-11(18)15-10-12-6-13-16(10)2/h3-6,17H,1-2H3,(H2,12,13,14,15,18). The Morgan fingerprint density at radius 1 is 1.39 bits per heavy atom. The van der Waals surface area contributed by atoms with Crippen LogP contribution in [-0.2, 0) is 7.05 Å². The number of nitrogens with zero attached hydrogens (tertiary/aromatic N) is 3. The Labute approximate surface area is 103 Å². The molecule has 0 saturated carbocycles. The molecule has 1 heterocycles. The summed E-state index contributed by atoms with van der Waals surface area (Å²) in [6.45, 7) is 1.79. The topological polar surface area (TPSA) is 92.1 Å². The van der Waals surface area contributed by atoms with E-state index in [1.54, 1.807) is 26.1 Å². The molecule has 1 aromatic carbocycles. The molecule has 0 radical (unpaired) electrons. The molecule has 0 fully saturated rings. The molecule has 2 amide bonds. The largest absolute Gasteiger partial charge is 0.508 e. The number of amides is 2. The highest BCUT2D eigenvalue weighted by Crippen LogP contribution is 2.20. The number of phenols is 1. The van der Waals surface area contributed by atoms with Crippen molar-refractivity contribution < 1.29 is 9.90 Å². The van der Waals surface area contributed by atoms with Gasteiger partial charge in [0.15, 0.2) is 0 Å². The van der Waals surface area contributed by atoms with Crippen molar-refractivity contribution in [3.63, 3.8) is 0 Å². The Morgan fingerprint density at radius 3 is 2.78 bits per heavy atom. The Morgan fingerprint density at radius 2 is 2.17 bits per heavy atom. The fraction of sp³-hybridized carbons (Fsp3) is 0.182. The lowest BCUT2D eigenvalue weighted by molar-refractivity contribution is 0.262. The van der Waals surface area contributed by atoms with E-state index < -0.39 is 6.03 Å². The summed E-state index contributed by atoms with van der Waals surface area (Å²) in [4.78, 5) is 15.6. The van der Waals surface area contributed by atoms with Gasteiger partial charge in [-0.2, -0.15) is 10.1 Å². The molecule has 0 aliphatic heterocycles. The Hall–Kier alpha value is -2.57. The van der Waals surface area contributed by atoms with Crippen LogP contribution in [0.2, 0.25) is 0 Å². The van der Waals surface area contributed by atoms with Crippen molar-refractivity contribution in [2.45, 2.75) is 6.92 Å². The average molecular weight is 247 g/mol. The van der Waals surface area contributed by atoms with E-state index in [0.29, 0.717) is 11.6 Å². The zero-order chi connectivity index (χ0) is 13.1. The number of hydrogen-bond donors (Lipinski definition) is 3. The highest BCUT2D eigenvalue weighted by molar-refractivity contribution is 5.99. The van der Waals surface area contributed by atoms with E-state index in [0.717, 1.165) is 5.56 Å². The molecule has 1 aromatic heterocycles. The second-order valence-corrected chi connectivity index (χ2v) is 3.79. The third-order valence-corrected chi connectivity index (χ3v) is 2.39. The van der Waals surface area contributed by atoms with Crippen LogP contribution >= 0.6 is 0 Å². The first-order chi connectivity index (χ1) is 8.56. The van der Waals surface area contributed by atoms with Crippen LogP contribution in [0.15, 0.2) is 24.5 Å². The van der Waals surface area contributed by atoms with Gasteiger partial charge in [0.2, 0.25) is 5.95 Å². The highest BCUT2D eigenvalue weighted by Gasteiger charge is 2.08. The maximum absolute atomic E-state index is 11.7. The normalized spacial score (nSPS) is 10.1. The summed E-state index contributed by atoms with van der Waals surface area (Å²) in [5.74, 6) is 0.510. The zero-order valence-electron chi connectivity index (χ0n) is 10.0. The first-order valence-electron chi connectivity index (χ1n) is 5.28. The number of aromatic nitrogens is 3. The Bertz CT molecular complexity index is 579. The van der Waals surface area contributed by atoms with E-state index in [4.69, 9.17) is 0 Å². The van der Waals surface area contributed by atoms with Crippen LogP contribution in [0.5, 0.6) is 5.75 Å². The van der Waals surface area contributed by atoms with Crippen LogP contribution in [0, 0.1) is 6.92 Å². The molecule has 94 valence electrons. The van der Waals surface area contributed by atoms with Crippen LogP contribution in [0.25, 0.3) is 0 Å². The molecule has 0 aliphatic carbocycles. The van der Waals surface area contributed by atoms with Gasteiger partial charge >= 0.3 is 6.03 Å². The minimum absolute atomic E-state index is 0.159. The van der Waals surface area contributed by atoms with Gasteiger partial charge in [-0.05, 0) is 30.7 Å². The molecule has 0 bridgehead atoms. The second-order valence-electron chi connectivity index (χ2n) is 3.79. The van der Waals surface area contributed by atoms with Crippen LogP contribution in [0.1, 0.15) is 5.56 Å². The van der Waals surface area contributed by atoms with Gasteiger partial charge in [0, 0.05) is 12.7 Å². The highest BCUT2D eigenvalue weighted by atomic mass is 16.3. The van der Waals surface area contributed by atoms with Crippen LogP contribution in [-0.4, -0.2) is 25.9 Å². The van der Waals surface area contributed by atoms with Crippen molar-refractivity contribution in [3.05, 3.63) is 30.1 Å². The zero-order valence-corrected chi connectivity index (χ0v) is 10.0. The quantitative estimate of drug-likeness (QED) is 0.701. The van der Waals surface area contributed by atoms with Gasteiger partial charge in [0.1, 0.15) is 12.1 Å². The smallest absolute Gasteiger partial charge is 0.326 e. The summed E-state index contributed by atoms with van der Waals surface area (Å²) in [6, 6.07) is 4.28. The Balaban J connectivity index is 2.05. The number of hydrogen-bond acceptors (Lipinski definition) is 4. The van der Waals surface area contributed by atoms with Crippen molar-refractivity contribution in [2.24, 2.45) is 7.05 Å². The number of urea groups is 1. The molecule has 2 rings (SSSR count). The van der Waals surface area contributed by atoms with Crippen LogP contribution in [0.4, 0.5) is 16.4 Å². The minimum atomic E-state index is -0.417. The number of benzene rings is 1. The predicted molar refractivity (Wildman–Crippen MR) is 66.5 cm³/mol. The molecule has 0 unspecified atom stereocenters. The first kappa shape index (κ1) is 11.9. The second kappa shape index (κ2) is 4.74. The number of nitrogens with one attached hydrogen (secondary N) is 2. The van der Waals surface area contributed by atoms with E-state index in [1.807, 2.05) is 0 Å². The molecular weight excluding hydrogens is 234 g/mol. The maximum atomic E-state index is 11.7. The summed E-state index contributed by atoms with van der Waals surface area (Å²) in [6.07, 6.45) is 1.35. The van der Waals surface area contributed by atoms with E-state index in [2.05, 4.69) is 20.7 Å². The molecular formula is C11H13N5O2. The molecule has 2 aromatic rings. The number of rotatable bonds is 2. The van der Waals surface area contributed by atoms with E-state index >= 15 is 0 Å². The lowest BCUT2D eigenvalue weighted by Gasteiger charge is -2.09. The van der Waals surface area contributed by atoms with Crippen molar-refractivity contribution in [2.75, 3.05) is 10.6 Å². The fourth-order valence-corrected chi connectivity index (χ4v) is 1.45. The van der Waals surface area contributed by atoms with E-state index in [-0.39, 0.29) is 5.75 Å². The molecule has 0 aliphatic rings. The molecule has 7 heteroatoms. The number of carbonyl (C=O) groups excluding carboxylic acids is 1. The van der Waals surface area contributed by atoms with E-state index in [1.165, 1.54) is 17.1 Å². The van der Waals surface area contributed by atoms with Crippen molar-refractivity contribution in [1.82, 2.24) is 14.8 Å². The predicted octanol–water partition coefficient (Wildman–Crippen LogP) is 1.47. The third kappa shape index (κ3) is 2.57. The van der Waals surface area contributed by atoms with Gasteiger partial charge in [-0.15, -0.1) is 0 Å². The van der Waals surface area contributed by atoms with Gasteiger partial charge in [-0.1, -0.05) is 0 Å². The van der Waals surface area contributed by atoms with E-state index in [9.17, 15) is 9.90 Å². The van der Waals surface area contributed by atoms with Crippen LogP contribution in [0.3, 0.4) is 0 Å². The number of carbonyl (C=O) groups is 1. The third-order valence-electron chi connectivity index (χ3n) is 2.39. The number of aryl methyl sites for hydroxylation is 2. The maximum Gasteiger partial charge on any atom is 0.326 e. The molecule has 18 heavy (non-hydrogen) atoms. The molecule has 0 spiro atoms. The summed E-state index contributed by atoms with van der Waals surface area (Å²) >= 11 is 0. The van der Waals surface area contributed by atoms with Crippen molar-refractivity contribution >= 4 is 17.7 Å². The molecule has 3 N–H and O–H groups in total. The average Bonchev–Trinajstić information content (AvgIpc) is 2.69. The first-order valence-corrected chi connectivity index (χ1v) is 5.28. The molecule has 7 nitrogen and oxygen atoms in total. The van der Waals surface area contributed by atoms with Gasteiger partial charge in [0.05, 0.1) is 0 Å². The summed E-state index contributed by atoms with van der Waals surface area (Å²) < 4.78 is 1.45. The SMILES string of the molecule is Cc1cc(O)ccc1NC(=O)Nc1ncnn1C. The summed E-state index contributed by atoms with van der Waals surface area (Å²) in [5.41, 5.74) is 1.38. The Kier molecular flexibility index (Phi) is 3.13. The van der Waals surface area contributed by atoms with Gasteiger partial charge in [-0.25, -0.2) is 9.48 Å². The van der Waals surface area contributed by atoms with Gasteiger partial charge < -0.3 is 10.4 Å². The number of aromatic hydroxyl groups is 1. The van der Waals surface area contributed by atoms with Gasteiger partial charge in [0.25, 0.3) is 0 Å². The molecule has 0 saturated heterocycles. The number of anilines is 2. The minimum Gasteiger partial charge on any atom is -0.508 e. The number of phenolic OH excluding ortho intramolecular Hbond substituents is 1. The molecule has 0 atom stereocenters. The lowest BCUT2D eigenvalue weighted by Crippen LogP contribution is -2.22. The van der Waals surface area contributed by atoms with Crippen LogP contribution < -0.4 is 10.6 Å². The lowest BCUT2D eigenvalue weighted by atomic mass is 10.2. The monoisotopic (exact) mass is 247 g/mol. The summed E-state index contributed by atoms with van der Waals surface area (Å²) in [7, 11) is 1.68. The van der Waals surface area contributed by atoms with Crippen molar-refractivity contribution in [3.8, 4) is 5.75 Å².